The minimum Gasteiger partial charge on any atom is -0.469 e. The highest BCUT2D eigenvalue weighted by molar-refractivity contribution is 6.28. The van der Waals surface area contributed by atoms with Gasteiger partial charge < -0.3 is 9.84 Å². The van der Waals surface area contributed by atoms with Crippen LogP contribution < -0.4 is 4.74 Å². The Hall–Kier alpha value is -1.65. The van der Waals surface area contributed by atoms with Crippen molar-refractivity contribution < 1.29 is 9.84 Å². The van der Waals surface area contributed by atoms with E-state index in [1.807, 2.05) is 30.3 Å². The molecule has 1 heterocycles. The van der Waals surface area contributed by atoms with Gasteiger partial charge in [0, 0.05) is 6.42 Å². The summed E-state index contributed by atoms with van der Waals surface area (Å²) in [5, 5.41) is 10.4. The van der Waals surface area contributed by atoms with Crippen molar-refractivity contribution >= 4 is 22.5 Å². The van der Waals surface area contributed by atoms with Gasteiger partial charge in [0.25, 0.3) is 0 Å². The number of ether oxygens (including phenoxy) is 1. The summed E-state index contributed by atoms with van der Waals surface area (Å²) in [7, 11) is 0. The molecule has 3 rings (SSSR count). The van der Waals surface area contributed by atoms with E-state index in [1.165, 1.54) is 0 Å². The first kappa shape index (κ1) is 11.4. The maximum absolute atomic E-state index is 9.42. The van der Waals surface area contributed by atoms with Crippen molar-refractivity contribution in [1.82, 2.24) is 9.97 Å². The molecule has 0 fully saturated rings. The topological polar surface area (TPSA) is 55.2 Å². The number of hydrogen-bond donors (Lipinski definition) is 1. The van der Waals surface area contributed by atoms with E-state index >= 15 is 0 Å². The number of rotatable bonds is 2. The molecular weight excluding hydrogens is 252 g/mol. The first-order valence-electron chi connectivity index (χ1n) is 5.68. The van der Waals surface area contributed by atoms with Crippen molar-refractivity contribution in [3.63, 3.8) is 0 Å². The number of aromatic nitrogens is 2. The number of aliphatic hydroxyl groups is 1. The van der Waals surface area contributed by atoms with Gasteiger partial charge in [-0.15, -0.1) is 0 Å². The molecule has 2 unspecified atom stereocenters. The molecule has 2 aromatic rings. The molecule has 1 aliphatic rings. The summed E-state index contributed by atoms with van der Waals surface area (Å²) in [4.78, 5) is 8.24. The third-order valence-electron chi connectivity index (χ3n) is 2.83. The Morgan fingerprint density at radius 1 is 1.22 bits per heavy atom. The summed E-state index contributed by atoms with van der Waals surface area (Å²) in [5.74, 6) is 0.453. The van der Waals surface area contributed by atoms with Gasteiger partial charge in [-0.05, 0) is 29.8 Å². The van der Waals surface area contributed by atoms with Crippen molar-refractivity contribution in [2.24, 2.45) is 0 Å². The number of hydrogen-bond acceptors (Lipinski definition) is 4. The Labute approximate surface area is 109 Å². The van der Waals surface area contributed by atoms with Crippen molar-refractivity contribution in [2.75, 3.05) is 0 Å². The molecule has 4 nitrogen and oxygen atoms in total. The van der Waals surface area contributed by atoms with Crippen LogP contribution in [0, 0.1) is 0 Å². The fourth-order valence-corrected chi connectivity index (χ4v) is 2.16. The second-order valence-electron chi connectivity index (χ2n) is 4.16. The summed E-state index contributed by atoms with van der Waals surface area (Å²) in [6.45, 7) is 0. The molecule has 0 saturated carbocycles. The average molecular weight is 263 g/mol. The average Bonchev–Trinajstić information content (AvgIpc) is 2.74. The van der Waals surface area contributed by atoms with Crippen LogP contribution in [0.1, 0.15) is 6.42 Å². The number of halogens is 1. The Morgan fingerprint density at radius 3 is 2.83 bits per heavy atom. The Morgan fingerprint density at radius 2 is 2.06 bits per heavy atom. The van der Waals surface area contributed by atoms with Crippen molar-refractivity contribution in [1.29, 1.82) is 0 Å². The number of para-hydroxylation sites is 1. The fourth-order valence-electron chi connectivity index (χ4n) is 1.99. The molecule has 1 aromatic carbocycles. The molecule has 0 radical (unpaired) electrons. The second kappa shape index (κ2) is 4.55. The maximum Gasteiger partial charge on any atom is 0.226 e. The molecule has 0 bridgehead atoms. The lowest BCUT2D eigenvalue weighted by Crippen LogP contribution is -2.15. The SMILES string of the molecule is OC1C=CC(Oc2nc(Cl)nc3ccccc23)C1. The van der Waals surface area contributed by atoms with Gasteiger partial charge in [-0.3, -0.25) is 0 Å². The molecule has 18 heavy (non-hydrogen) atoms. The Balaban J connectivity index is 1.98. The highest BCUT2D eigenvalue weighted by atomic mass is 35.5. The van der Waals surface area contributed by atoms with Crippen LogP contribution in [0.5, 0.6) is 5.88 Å². The van der Waals surface area contributed by atoms with Crippen molar-refractivity contribution in [2.45, 2.75) is 18.6 Å². The molecule has 1 N–H and O–H groups in total. The predicted octanol–water partition coefficient (Wildman–Crippen LogP) is 2.35. The normalized spacial score (nSPS) is 22.6. The molecular formula is C13H11ClN2O2. The van der Waals surface area contributed by atoms with Gasteiger partial charge in [-0.2, -0.15) is 4.98 Å². The third kappa shape index (κ3) is 2.17. The number of fused-ring (bicyclic) bond motifs is 1. The molecule has 0 aliphatic heterocycles. The van der Waals surface area contributed by atoms with E-state index in [9.17, 15) is 5.11 Å². The summed E-state index contributed by atoms with van der Waals surface area (Å²) in [6, 6.07) is 7.52. The van der Waals surface area contributed by atoms with Crippen LogP contribution in [0.3, 0.4) is 0 Å². The van der Waals surface area contributed by atoms with Gasteiger partial charge in [-0.25, -0.2) is 4.98 Å². The minimum absolute atomic E-state index is 0.159. The van der Waals surface area contributed by atoms with E-state index in [4.69, 9.17) is 16.3 Å². The molecule has 92 valence electrons. The predicted molar refractivity (Wildman–Crippen MR) is 68.7 cm³/mol. The second-order valence-corrected chi connectivity index (χ2v) is 4.50. The van der Waals surface area contributed by atoms with E-state index in [2.05, 4.69) is 9.97 Å². The zero-order chi connectivity index (χ0) is 12.5. The lowest BCUT2D eigenvalue weighted by atomic mass is 10.2. The van der Waals surface area contributed by atoms with Gasteiger partial charge in [-0.1, -0.05) is 18.2 Å². The summed E-state index contributed by atoms with van der Waals surface area (Å²) in [5.41, 5.74) is 0.745. The largest absolute Gasteiger partial charge is 0.469 e. The van der Waals surface area contributed by atoms with Gasteiger partial charge in [0.15, 0.2) is 0 Å². The third-order valence-corrected chi connectivity index (χ3v) is 2.99. The standard InChI is InChI=1S/C13H11ClN2O2/c14-13-15-11-4-2-1-3-10(11)12(16-13)18-9-6-5-8(17)7-9/h1-6,8-9,17H,7H2. The smallest absolute Gasteiger partial charge is 0.226 e. The van der Waals surface area contributed by atoms with Crippen LogP contribution in [0.2, 0.25) is 5.28 Å². The minimum atomic E-state index is -0.446. The van der Waals surface area contributed by atoms with Crippen LogP contribution in [-0.2, 0) is 0 Å². The fraction of sp³-hybridized carbons (Fsp3) is 0.231. The van der Waals surface area contributed by atoms with Crippen LogP contribution in [0.4, 0.5) is 0 Å². The summed E-state index contributed by atoms with van der Waals surface area (Å²) in [6.07, 6.45) is 3.47. The molecule has 0 saturated heterocycles. The lowest BCUT2D eigenvalue weighted by molar-refractivity contribution is 0.162. The Kier molecular flexibility index (Phi) is 2.89. The number of aliphatic hydroxyl groups excluding tert-OH is 1. The van der Waals surface area contributed by atoms with Gasteiger partial charge in [0.2, 0.25) is 11.2 Å². The molecule has 0 amide bonds. The molecule has 5 heteroatoms. The first-order chi connectivity index (χ1) is 8.72. The van der Waals surface area contributed by atoms with Crippen LogP contribution in [0.25, 0.3) is 10.9 Å². The molecule has 0 spiro atoms. The summed E-state index contributed by atoms with van der Waals surface area (Å²) < 4.78 is 5.76. The van der Waals surface area contributed by atoms with Crippen LogP contribution in [0.15, 0.2) is 36.4 Å². The lowest BCUT2D eigenvalue weighted by Gasteiger charge is -2.13. The van der Waals surface area contributed by atoms with Crippen molar-refractivity contribution in [3.8, 4) is 5.88 Å². The van der Waals surface area contributed by atoms with E-state index in [0.717, 1.165) is 10.9 Å². The zero-order valence-electron chi connectivity index (χ0n) is 9.45. The number of nitrogens with zero attached hydrogens (tertiary/aromatic N) is 2. The molecule has 1 aliphatic carbocycles. The first-order valence-corrected chi connectivity index (χ1v) is 6.05. The highest BCUT2D eigenvalue weighted by Gasteiger charge is 2.20. The molecule has 1 aromatic heterocycles. The van der Waals surface area contributed by atoms with E-state index in [0.29, 0.717) is 12.3 Å². The van der Waals surface area contributed by atoms with E-state index < -0.39 is 6.10 Å². The Bertz CT molecular complexity index is 615. The number of benzene rings is 1. The quantitative estimate of drug-likeness (QED) is 0.667. The van der Waals surface area contributed by atoms with Gasteiger partial charge >= 0.3 is 0 Å². The van der Waals surface area contributed by atoms with Gasteiger partial charge in [0.1, 0.15) is 6.10 Å². The van der Waals surface area contributed by atoms with Gasteiger partial charge in [0.05, 0.1) is 17.0 Å². The highest BCUT2D eigenvalue weighted by Crippen LogP contribution is 2.26. The van der Waals surface area contributed by atoms with E-state index in [-0.39, 0.29) is 11.4 Å². The van der Waals surface area contributed by atoms with Crippen molar-refractivity contribution in [3.05, 3.63) is 41.7 Å². The zero-order valence-corrected chi connectivity index (χ0v) is 10.2. The monoisotopic (exact) mass is 262 g/mol. The van der Waals surface area contributed by atoms with E-state index in [1.54, 1.807) is 6.08 Å². The maximum atomic E-state index is 9.42. The summed E-state index contributed by atoms with van der Waals surface area (Å²) >= 11 is 5.87. The van der Waals surface area contributed by atoms with Crippen LogP contribution >= 0.6 is 11.6 Å². The van der Waals surface area contributed by atoms with Crippen LogP contribution in [-0.4, -0.2) is 27.3 Å². The molecule has 2 atom stereocenters.